The van der Waals surface area contributed by atoms with Crippen LogP contribution >= 0.6 is 11.3 Å². The number of fused-ring (bicyclic) bond motifs is 2. The number of ketones is 1. The van der Waals surface area contributed by atoms with E-state index < -0.39 is 23.7 Å². The summed E-state index contributed by atoms with van der Waals surface area (Å²) in [6.07, 6.45) is 0. The van der Waals surface area contributed by atoms with E-state index in [1.54, 1.807) is 42.5 Å². The third-order valence-corrected chi connectivity index (χ3v) is 7.79. The van der Waals surface area contributed by atoms with Crippen molar-refractivity contribution in [3.05, 3.63) is 82.9 Å². The van der Waals surface area contributed by atoms with Gasteiger partial charge in [-0.2, -0.15) is 0 Å². The van der Waals surface area contributed by atoms with Crippen molar-refractivity contribution in [3.63, 3.8) is 0 Å². The van der Waals surface area contributed by atoms with Crippen molar-refractivity contribution in [2.45, 2.75) is 13.0 Å². The average molecular weight is 573 g/mol. The van der Waals surface area contributed by atoms with E-state index in [-0.39, 0.29) is 22.0 Å². The van der Waals surface area contributed by atoms with Gasteiger partial charge in [-0.25, -0.2) is 9.78 Å². The monoisotopic (exact) mass is 572 g/mol. The fraction of sp³-hybridized carbons (Fsp3) is 0.200. The number of Topliss-reactive ketones (excluding diaryl/α,β-unsaturated/α-hetero) is 1. The predicted molar refractivity (Wildman–Crippen MR) is 151 cm³/mol. The summed E-state index contributed by atoms with van der Waals surface area (Å²) in [5.41, 5.74) is 1.58. The Morgan fingerprint density at radius 2 is 1.76 bits per heavy atom. The van der Waals surface area contributed by atoms with Crippen LogP contribution in [0.5, 0.6) is 17.2 Å². The zero-order valence-electron chi connectivity index (χ0n) is 22.1. The van der Waals surface area contributed by atoms with Crippen LogP contribution < -0.4 is 19.1 Å². The summed E-state index contributed by atoms with van der Waals surface area (Å²) in [7, 11) is 1.28. The van der Waals surface area contributed by atoms with E-state index >= 15 is 0 Å². The van der Waals surface area contributed by atoms with E-state index in [4.69, 9.17) is 18.9 Å². The quantitative estimate of drug-likeness (QED) is 0.149. The lowest BCUT2D eigenvalue weighted by molar-refractivity contribution is -0.132. The van der Waals surface area contributed by atoms with Gasteiger partial charge in [0.1, 0.15) is 24.7 Å². The van der Waals surface area contributed by atoms with Gasteiger partial charge in [0.25, 0.3) is 5.78 Å². The number of anilines is 1. The highest BCUT2D eigenvalue weighted by molar-refractivity contribution is 7.22. The largest absolute Gasteiger partial charge is 0.507 e. The highest BCUT2D eigenvalue weighted by Crippen LogP contribution is 2.45. The predicted octanol–water partition coefficient (Wildman–Crippen LogP) is 4.88. The third kappa shape index (κ3) is 4.63. The Morgan fingerprint density at radius 1 is 1.02 bits per heavy atom. The molecule has 1 amide bonds. The molecule has 1 aromatic heterocycles. The lowest BCUT2D eigenvalue weighted by Crippen LogP contribution is -2.29. The number of amides is 1. The molecular weight excluding hydrogens is 548 g/mol. The first-order chi connectivity index (χ1) is 19.9. The molecule has 0 saturated carbocycles. The number of thiazole rings is 1. The number of methoxy groups -OCH3 is 1. The third-order valence-electron chi connectivity index (χ3n) is 6.77. The summed E-state index contributed by atoms with van der Waals surface area (Å²) in [5, 5.41) is 11.8. The number of hydrogen-bond acceptors (Lipinski definition) is 10. The first-order valence-electron chi connectivity index (χ1n) is 12.8. The van der Waals surface area contributed by atoms with E-state index in [2.05, 4.69) is 4.98 Å². The summed E-state index contributed by atoms with van der Waals surface area (Å²) < 4.78 is 22.4. The molecule has 0 aliphatic carbocycles. The molecule has 0 radical (unpaired) electrons. The highest BCUT2D eigenvalue weighted by atomic mass is 32.1. The molecule has 0 bridgehead atoms. The molecule has 2 aliphatic heterocycles. The van der Waals surface area contributed by atoms with E-state index in [1.165, 1.54) is 35.5 Å². The first-order valence-corrected chi connectivity index (χ1v) is 13.6. The van der Waals surface area contributed by atoms with Gasteiger partial charge in [-0.3, -0.25) is 14.5 Å². The van der Waals surface area contributed by atoms with Crippen molar-refractivity contribution < 1.29 is 38.4 Å². The second-order valence-electron chi connectivity index (χ2n) is 9.20. The van der Waals surface area contributed by atoms with Gasteiger partial charge >= 0.3 is 11.9 Å². The minimum atomic E-state index is -1.03. The Balaban J connectivity index is 1.50. The van der Waals surface area contributed by atoms with Gasteiger partial charge in [0.15, 0.2) is 16.6 Å². The van der Waals surface area contributed by atoms with Gasteiger partial charge in [0.05, 0.1) is 41.1 Å². The highest BCUT2D eigenvalue weighted by Gasteiger charge is 2.48. The second kappa shape index (κ2) is 10.6. The summed E-state index contributed by atoms with van der Waals surface area (Å²) in [6.45, 7) is 3.12. The van der Waals surface area contributed by atoms with Gasteiger partial charge in [-0.1, -0.05) is 23.5 Å². The molecule has 0 spiro atoms. The first kappa shape index (κ1) is 26.3. The Bertz CT molecular complexity index is 1730. The van der Waals surface area contributed by atoms with Crippen molar-refractivity contribution in [2.75, 3.05) is 31.8 Å². The number of nitrogens with zero attached hydrogens (tertiary/aromatic N) is 2. The van der Waals surface area contributed by atoms with Gasteiger partial charge in [0, 0.05) is 5.56 Å². The summed E-state index contributed by atoms with van der Waals surface area (Å²) in [5.74, 6) is -1.01. The Morgan fingerprint density at radius 3 is 2.49 bits per heavy atom. The molecule has 41 heavy (non-hydrogen) atoms. The number of aliphatic hydroxyl groups excluding tert-OH is 1. The molecule has 208 valence electrons. The maximum atomic E-state index is 13.6. The second-order valence-corrected chi connectivity index (χ2v) is 10.2. The van der Waals surface area contributed by atoms with E-state index in [9.17, 15) is 19.5 Å². The lowest BCUT2D eigenvalue weighted by atomic mass is 9.94. The molecular formula is C30H24N2O8S. The van der Waals surface area contributed by atoms with Crippen molar-refractivity contribution in [3.8, 4) is 17.2 Å². The molecule has 1 fully saturated rings. The number of esters is 1. The van der Waals surface area contributed by atoms with Crippen LogP contribution in [0.1, 0.15) is 34.5 Å². The molecule has 6 rings (SSSR count). The number of carbonyl (C=O) groups is 3. The maximum absolute atomic E-state index is 13.6. The zero-order chi connectivity index (χ0) is 28.7. The topological polar surface area (TPSA) is 124 Å². The molecule has 1 unspecified atom stereocenters. The van der Waals surface area contributed by atoms with Crippen molar-refractivity contribution in [1.29, 1.82) is 0 Å². The Labute approximate surface area is 238 Å². The van der Waals surface area contributed by atoms with Gasteiger partial charge in [-0.15, -0.1) is 0 Å². The number of carbonyl (C=O) groups excluding carboxylic acids is 3. The molecule has 4 aromatic rings. The smallest absolute Gasteiger partial charge is 0.337 e. The van der Waals surface area contributed by atoms with Crippen LogP contribution in [0.2, 0.25) is 0 Å². The minimum Gasteiger partial charge on any atom is -0.507 e. The van der Waals surface area contributed by atoms with Crippen LogP contribution in [0.15, 0.2) is 66.2 Å². The lowest BCUT2D eigenvalue weighted by Gasteiger charge is -2.23. The molecule has 1 saturated heterocycles. The van der Waals surface area contributed by atoms with Crippen LogP contribution in [0.25, 0.3) is 16.0 Å². The fourth-order valence-corrected chi connectivity index (χ4v) is 5.88. The molecule has 1 N–H and O–H groups in total. The standard InChI is InChI=1S/C30H24N2O8S/c1-3-38-19-9-10-20-23(15-19)41-30(31-20)32-25(16-4-6-17(7-5-16)29(36)37-2)24(27(34)28(32)35)26(33)18-8-11-21-22(14-18)40-13-12-39-21/h4-11,14-15,25,33H,3,12-13H2,1-2H3. The Kier molecular flexibility index (Phi) is 6.80. The number of benzene rings is 3. The Hall–Kier alpha value is -4.90. The van der Waals surface area contributed by atoms with Crippen molar-refractivity contribution in [1.82, 2.24) is 4.98 Å². The summed E-state index contributed by atoms with van der Waals surface area (Å²) in [6, 6.07) is 15.5. The van der Waals surface area contributed by atoms with Crippen LogP contribution in [-0.4, -0.2) is 54.7 Å². The molecule has 11 heteroatoms. The number of rotatable bonds is 6. The summed E-state index contributed by atoms with van der Waals surface area (Å²) in [4.78, 5) is 45.1. The number of aliphatic hydroxyl groups is 1. The van der Waals surface area contributed by atoms with Crippen LogP contribution in [-0.2, 0) is 14.3 Å². The van der Waals surface area contributed by atoms with E-state index in [0.29, 0.717) is 53.7 Å². The SMILES string of the molecule is CCOc1ccc2nc(N3C(=O)C(=O)C(=C(O)c4ccc5c(c4)OCCO5)C3c3ccc(C(=O)OC)cc3)sc2c1. The summed E-state index contributed by atoms with van der Waals surface area (Å²) >= 11 is 1.23. The van der Waals surface area contributed by atoms with Gasteiger partial charge in [0.2, 0.25) is 0 Å². The van der Waals surface area contributed by atoms with Crippen molar-refractivity contribution >= 4 is 50.1 Å². The minimum absolute atomic E-state index is 0.119. The number of ether oxygens (including phenoxy) is 4. The number of aromatic nitrogens is 1. The van der Waals surface area contributed by atoms with E-state index in [1.807, 2.05) is 13.0 Å². The van der Waals surface area contributed by atoms with Gasteiger partial charge in [-0.05, 0) is 61.0 Å². The molecule has 10 nitrogen and oxygen atoms in total. The maximum Gasteiger partial charge on any atom is 0.337 e. The average Bonchev–Trinajstić information content (AvgIpc) is 3.53. The fourth-order valence-electron chi connectivity index (χ4n) is 4.86. The van der Waals surface area contributed by atoms with Crippen LogP contribution in [0, 0.1) is 0 Å². The van der Waals surface area contributed by atoms with E-state index in [0.717, 1.165) is 4.70 Å². The zero-order valence-corrected chi connectivity index (χ0v) is 22.9. The molecule has 2 aliphatic rings. The van der Waals surface area contributed by atoms with Crippen LogP contribution in [0.4, 0.5) is 5.13 Å². The van der Waals surface area contributed by atoms with Crippen LogP contribution in [0.3, 0.4) is 0 Å². The normalized spacial score (nSPS) is 17.6. The molecule has 3 heterocycles. The van der Waals surface area contributed by atoms with Gasteiger partial charge < -0.3 is 24.1 Å². The number of hydrogen-bond donors (Lipinski definition) is 1. The molecule has 1 atom stereocenters. The van der Waals surface area contributed by atoms with Crippen molar-refractivity contribution in [2.24, 2.45) is 0 Å². The molecule has 3 aromatic carbocycles.